The number of amides is 2. The highest BCUT2D eigenvalue weighted by atomic mass is 32.2. The molecule has 0 spiro atoms. The molecule has 3 rings (SSSR count). The summed E-state index contributed by atoms with van der Waals surface area (Å²) in [5, 5.41) is -0.463. The molecule has 1 aliphatic rings. The number of hydrogen-bond donors (Lipinski definition) is 0. The van der Waals surface area contributed by atoms with Gasteiger partial charge in [-0.05, 0) is 94.3 Å². The molecule has 2 heterocycles. The molecule has 2 amide bonds. The molecule has 0 atom stereocenters. The second kappa shape index (κ2) is 8.52. The van der Waals surface area contributed by atoms with Gasteiger partial charge in [0.1, 0.15) is 6.54 Å². The van der Waals surface area contributed by atoms with Crippen LogP contribution in [0.3, 0.4) is 0 Å². The fourth-order valence-electron chi connectivity index (χ4n) is 3.40. The van der Waals surface area contributed by atoms with Crippen molar-refractivity contribution in [2.45, 2.75) is 47.6 Å². The molecule has 0 aliphatic carbocycles. The molecule has 0 saturated carbocycles. The highest BCUT2D eigenvalue weighted by Crippen LogP contribution is 2.33. The molecule has 0 unspecified atom stereocenters. The predicted molar refractivity (Wildman–Crippen MR) is 119 cm³/mol. The number of aryl methyl sites for hydroxylation is 3. The largest absolute Gasteiger partial charge is 0.462 e. The number of imide groups is 1. The Morgan fingerprint density at radius 3 is 2.43 bits per heavy atom. The van der Waals surface area contributed by atoms with Crippen LogP contribution in [0.25, 0.3) is 11.8 Å². The van der Waals surface area contributed by atoms with Gasteiger partial charge >= 0.3 is 5.97 Å². The number of aromatic nitrogens is 1. The second-order valence-electron chi connectivity index (χ2n) is 7.74. The minimum atomic E-state index is -0.596. The SMILES string of the molecule is Cc1ccc(-n2c(C)cc(/C=C3\SC(=O)N(CC(=O)OC(C)C)C3=O)c2C)cc1C. The number of hydrogen-bond acceptors (Lipinski definition) is 5. The van der Waals surface area contributed by atoms with E-state index < -0.39 is 17.1 Å². The summed E-state index contributed by atoms with van der Waals surface area (Å²) in [6, 6.07) is 8.28. The Morgan fingerprint density at radius 2 is 1.80 bits per heavy atom. The summed E-state index contributed by atoms with van der Waals surface area (Å²) in [5.41, 5.74) is 6.35. The zero-order chi connectivity index (χ0) is 22.2. The number of benzene rings is 1. The van der Waals surface area contributed by atoms with E-state index in [1.807, 2.05) is 19.9 Å². The Bertz CT molecular complexity index is 1070. The van der Waals surface area contributed by atoms with Gasteiger partial charge in [-0.25, -0.2) is 0 Å². The van der Waals surface area contributed by atoms with Gasteiger partial charge in [0.15, 0.2) is 0 Å². The molecule has 7 heteroatoms. The van der Waals surface area contributed by atoms with Crippen molar-refractivity contribution in [3.63, 3.8) is 0 Å². The Kier molecular flexibility index (Phi) is 6.22. The second-order valence-corrected chi connectivity index (χ2v) is 8.73. The predicted octanol–water partition coefficient (Wildman–Crippen LogP) is 4.70. The van der Waals surface area contributed by atoms with Crippen molar-refractivity contribution in [3.05, 3.63) is 57.2 Å². The monoisotopic (exact) mass is 426 g/mol. The maximum Gasteiger partial charge on any atom is 0.326 e. The summed E-state index contributed by atoms with van der Waals surface area (Å²) < 4.78 is 7.18. The first-order chi connectivity index (χ1) is 14.1. The molecule has 1 aromatic heterocycles. The van der Waals surface area contributed by atoms with Gasteiger partial charge in [0.05, 0.1) is 11.0 Å². The number of carbonyl (C=O) groups excluding carboxylic acids is 3. The Hall–Kier alpha value is -2.80. The van der Waals surface area contributed by atoms with E-state index in [2.05, 4.69) is 36.6 Å². The molecule has 6 nitrogen and oxygen atoms in total. The maximum atomic E-state index is 12.7. The summed E-state index contributed by atoms with van der Waals surface area (Å²) in [6.45, 7) is 11.2. The van der Waals surface area contributed by atoms with Crippen LogP contribution in [0.15, 0.2) is 29.2 Å². The smallest absolute Gasteiger partial charge is 0.326 e. The van der Waals surface area contributed by atoms with Gasteiger partial charge in [-0.2, -0.15) is 0 Å². The number of ether oxygens (including phenoxy) is 1. The summed E-state index contributed by atoms with van der Waals surface area (Å²) in [7, 11) is 0. The van der Waals surface area contributed by atoms with E-state index in [0.717, 1.165) is 39.3 Å². The average Bonchev–Trinajstić information content (AvgIpc) is 3.07. The van der Waals surface area contributed by atoms with Crippen LogP contribution in [0, 0.1) is 27.7 Å². The summed E-state index contributed by atoms with van der Waals surface area (Å²) in [4.78, 5) is 38.1. The lowest BCUT2D eigenvalue weighted by molar-refractivity contribution is -0.149. The van der Waals surface area contributed by atoms with Gasteiger partial charge in [-0.1, -0.05) is 6.07 Å². The Labute approximate surface area is 180 Å². The van der Waals surface area contributed by atoms with Crippen LogP contribution in [0.1, 0.15) is 41.9 Å². The summed E-state index contributed by atoms with van der Waals surface area (Å²) in [6.07, 6.45) is 1.42. The highest BCUT2D eigenvalue weighted by Gasteiger charge is 2.37. The van der Waals surface area contributed by atoms with E-state index in [1.165, 1.54) is 11.1 Å². The number of esters is 1. The first-order valence-corrected chi connectivity index (χ1v) is 10.6. The van der Waals surface area contributed by atoms with Crippen molar-refractivity contribution in [1.29, 1.82) is 0 Å². The molecule has 158 valence electrons. The molecule has 1 fully saturated rings. The van der Waals surface area contributed by atoms with Crippen LogP contribution in [0.5, 0.6) is 0 Å². The van der Waals surface area contributed by atoms with Gasteiger partial charge in [0.25, 0.3) is 11.1 Å². The molecule has 0 N–H and O–H groups in total. The number of rotatable bonds is 5. The number of thioether (sulfide) groups is 1. The van der Waals surface area contributed by atoms with Gasteiger partial charge in [0.2, 0.25) is 0 Å². The quantitative estimate of drug-likeness (QED) is 0.512. The van der Waals surface area contributed by atoms with Crippen molar-refractivity contribution >= 4 is 35.0 Å². The Balaban J connectivity index is 1.89. The van der Waals surface area contributed by atoms with Crippen LogP contribution in [-0.4, -0.2) is 39.2 Å². The van der Waals surface area contributed by atoms with Crippen molar-refractivity contribution in [3.8, 4) is 5.69 Å². The fourth-order valence-corrected chi connectivity index (χ4v) is 4.23. The van der Waals surface area contributed by atoms with Crippen LogP contribution < -0.4 is 0 Å². The normalized spacial score (nSPS) is 15.6. The Morgan fingerprint density at radius 1 is 1.10 bits per heavy atom. The molecule has 30 heavy (non-hydrogen) atoms. The highest BCUT2D eigenvalue weighted by molar-refractivity contribution is 8.18. The molecular weight excluding hydrogens is 400 g/mol. The molecule has 1 saturated heterocycles. The van der Waals surface area contributed by atoms with Crippen molar-refractivity contribution < 1.29 is 19.1 Å². The topological polar surface area (TPSA) is 68.6 Å². The molecule has 2 aromatic rings. The minimum absolute atomic E-state index is 0.302. The average molecular weight is 427 g/mol. The lowest BCUT2D eigenvalue weighted by Crippen LogP contribution is -2.35. The standard InChI is InChI=1S/C23H26N2O4S/c1-13(2)29-21(26)12-24-22(27)20(30-23(24)28)11-18-10-16(5)25(17(18)6)19-8-7-14(3)15(4)9-19/h7-11,13H,12H2,1-6H3/b20-11-. The van der Waals surface area contributed by atoms with E-state index in [1.54, 1.807) is 19.9 Å². The van der Waals surface area contributed by atoms with Crippen LogP contribution >= 0.6 is 11.8 Å². The minimum Gasteiger partial charge on any atom is -0.462 e. The van der Waals surface area contributed by atoms with E-state index in [9.17, 15) is 14.4 Å². The van der Waals surface area contributed by atoms with Gasteiger partial charge in [0, 0.05) is 17.1 Å². The van der Waals surface area contributed by atoms with Crippen molar-refractivity contribution in [2.75, 3.05) is 6.54 Å². The summed E-state index contributed by atoms with van der Waals surface area (Å²) >= 11 is 0.843. The third-order valence-electron chi connectivity index (χ3n) is 5.03. The third-order valence-corrected chi connectivity index (χ3v) is 5.94. The third kappa shape index (κ3) is 4.36. The van der Waals surface area contributed by atoms with Gasteiger partial charge < -0.3 is 9.30 Å². The van der Waals surface area contributed by atoms with E-state index in [-0.39, 0.29) is 12.6 Å². The van der Waals surface area contributed by atoms with Gasteiger partial charge in [-0.3, -0.25) is 19.3 Å². The molecule has 0 radical (unpaired) electrons. The first kappa shape index (κ1) is 21.9. The van der Waals surface area contributed by atoms with E-state index >= 15 is 0 Å². The number of nitrogens with zero attached hydrogens (tertiary/aromatic N) is 2. The molecule has 1 aromatic carbocycles. The lowest BCUT2D eigenvalue weighted by atomic mass is 10.1. The van der Waals surface area contributed by atoms with Crippen LogP contribution in [0.4, 0.5) is 4.79 Å². The zero-order valence-corrected chi connectivity index (χ0v) is 18.9. The van der Waals surface area contributed by atoms with Crippen molar-refractivity contribution in [2.24, 2.45) is 0 Å². The van der Waals surface area contributed by atoms with Crippen molar-refractivity contribution in [1.82, 2.24) is 9.47 Å². The molecule has 1 aliphatic heterocycles. The van der Waals surface area contributed by atoms with Crippen LogP contribution in [-0.2, 0) is 14.3 Å². The molecular formula is C23H26N2O4S. The fraction of sp³-hybridized carbons (Fsp3) is 0.348. The summed E-state index contributed by atoms with van der Waals surface area (Å²) in [5.74, 6) is -1.07. The number of carbonyl (C=O) groups is 3. The van der Waals surface area contributed by atoms with Crippen LogP contribution in [0.2, 0.25) is 0 Å². The lowest BCUT2D eigenvalue weighted by Gasteiger charge is -2.13. The zero-order valence-electron chi connectivity index (χ0n) is 18.1. The first-order valence-electron chi connectivity index (χ1n) is 9.80. The maximum absolute atomic E-state index is 12.7. The van der Waals surface area contributed by atoms with E-state index in [0.29, 0.717) is 4.91 Å². The van der Waals surface area contributed by atoms with E-state index in [4.69, 9.17) is 4.74 Å². The molecule has 0 bridgehead atoms. The van der Waals surface area contributed by atoms with Gasteiger partial charge in [-0.15, -0.1) is 0 Å².